The molecule has 0 aromatic carbocycles. The molecule has 0 aliphatic carbocycles. The number of rotatable bonds is 5. The molecule has 0 unspecified atom stereocenters. The second-order valence-corrected chi connectivity index (χ2v) is 10.8. The molecular weight excluding hydrogens is 420 g/mol. The van der Waals surface area contributed by atoms with Crippen molar-refractivity contribution < 1.29 is 12.9 Å². The van der Waals surface area contributed by atoms with Crippen molar-refractivity contribution in [2.75, 3.05) is 13.1 Å². The van der Waals surface area contributed by atoms with Gasteiger partial charge in [-0.3, -0.25) is 0 Å². The molecule has 1 aliphatic rings. The number of hydrogen-bond donors (Lipinski definition) is 0. The molecule has 7 nitrogen and oxygen atoms in total. The quantitative estimate of drug-likeness (QED) is 0.602. The average molecular weight is 441 g/mol. The highest BCUT2D eigenvalue weighted by Gasteiger charge is 2.32. The molecule has 0 bridgehead atoms. The van der Waals surface area contributed by atoms with Crippen LogP contribution in [0.2, 0.25) is 4.34 Å². The molecule has 0 amide bonds. The fourth-order valence-electron chi connectivity index (χ4n) is 3.63. The van der Waals surface area contributed by atoms with Crippen LogP contribution in [0.3, 0.4) is 0 Å². The molecule has 1 saturated heterocycles. The molecule has 1 fully saturated rings. The molecule has 150 valence electrons. The smallest absolute Gasteiger partial charge is 0.252 e. The Hall–Kier alpha value is -1.68. The fourth-order valence-corrected chi connectivity index (χ4v) is 6.74. The van der Waals surface area contributed by atoms with Gasteiger partial charge in [-0.05, 0) is 38.8 Å². The van der Waals surface area contributed by atoms with E-state index in [-0.39, 0.29) is 5.92 Å². The number of imidazole rings is 1. The zero-order valence-electron chi connectivity index (χ0n) is 15.6. The fraction of sp³-hybridized carbons (Fsp3) is 0.444. The summed E-state index contributed by atoms with van der Waals surface area (Å²) >= 11 is 7.01. The Bertz CT molecular complexity index is 1060. The van der Waals surface area contributed by atoms with Crippen molar-refractivity contribution in [1.29, 1.82) is 0 Å². The second kappa shape index (κ2) is 7.62. The molecule has 4 heterocycles. The first-order chi connectivity index (χ1) is 13.4. The summed E-state index contributed by atoms with van der Waals surface area (Å²) < 4.78 is 35.3. The van der Waals surface area contributed by atoms with Crippen LogP contribution >= 0.6 is 22.9 Å². The zero-order valence-corrected chi connectivity index (χ0v) is 18.0. The molecule has 0 spiro atoms. The predicted octanol–water partition coefficient (Wildman–Crippen LogP) is 3.82. The van der Waals surface area contributed by atoms with Crippen LogP contribution in [-0.2, 0) is 16.6 Å². The number of halogens is 1. The second-order valence-electron chi connectivity index (χ2n) is 6.95. The van der Waals surface area contributed by atoms with Gasteiger partial charge in [-0.25, -0.2) is 13.4 Å². The van der Waals surface area contributed by atoms with E-state index in [9.17, 15) is 8.42 Å². The monoisotopic (exact) mass is 440 g/mol. The number of aryl methyl sites for hydroxylation is 2. The van der Waals surface area contributed by atoms with Crippen LogP contribution in [0.5, 0.6) is 0 Å². The largest absolute Gasteiger partial charge is 0.361 e. The van der Waals surface area contributed by atoms with E-state index in [2.05, 4.69) is 14.7 Å². The molecule has 10 heteroatoms. The molecule has 3 aromatic heterocycles. The van der Waals surface area contributed by atoms with E-state index in [4.69, 9.17) is 16.1 Å². The van der Waals surface area contributed by atoms with Gasteiger partial charge in [0, 0.05) is 37.0 Å². The molecular formula is C18H21ClN4O3S2. The lowest BCUT2D eigenvalue weighted by molar-refractivity contribution is 0.310. The Balaban J connectivity index is 1.47. The molecule has 0 N–H and O–H groups in total. The number of aromatic nitrogens is 3. The summed E-state index contributed by atoms with van der Waals surface area (Å²) in [5.74, 6) is 2.01. The van der Waals surface area contributed by atoms with Crippen LogP contribution in [0.15, 0.2) is 33.3 Å². The molecule has 0 saturated carbocycles. The summed E-state index contributed by atoms with van der Waals surface area (Å²) in [7, 11) is -3.48. The van der Waals surface area contributed by atoms with Crippen LogP contribution in [0.4, 0.5) is 0 Å². The summed E-state index contributed by atoms with van der Waals surface area (Å²) in [6.45, 7) is 5.44. The van der Waals surface area contributed by atoms with Crippen molar-refractivity contribution in [1.82, 2.24) is 19.0 Å². The Labute approximate surface area is 173 Å². The first-order valence-electron chi connectivity index (χ1n) is 9.04. The number of hydrogen-bond acceptors (Lipinski definition) is 6. The van der Waals surface area contributed by atoms with Gasteiger partial charge in [-0.2, -0.15) is 4.31 Å². The van der Waals surface area contributed by atoms with E-state index >= 15 is 0 Å². The highest BCUT2D eigenvalue weighted by molar-refractivity contribution is 7.91. The summed E-state index contributed by atoms with van der Waals surface area (Å²) in [5, 5.41) is 4.02. The minimum absolute atomic E-state index is 0.217. The normalized spacial score (nSPS) is 16.7. The molecule has 28 heavy (non-hydrogen) atoms. The van der Waals surface area contributed by atoms with Gasteiger partial charge in [-0.15, -0.1) is 11.3 Å². The number of piperidine rings is 1. The van der Waals surface area contributed by atoms with Gasteiger partial charge in [0.2, 0.25) is 0 Å². The minimum atomic E-state index is -3.48. The van der Waals surface area contributed by atoms with E-state index in [1.165, 1.54) is 0 Å². The van der Waals surface area contributed by atoms with Crippen LogP contribution in [0.25, 0.3) is 0 Å². The Morgan fingerprint density at radius 3 is 2.64 bits per heavy atom. The van der Waals surface area contributed by atoms with Crippen LogP contribution < -0.4 is 0 Å². The van der Waals surface area contributed by atoms with Crippen molar-refractivity contribution in [2.45, 2.75) is 43.4 Å². The predicted molar refractivity (Wildman–Crippen MR) is 107 cm³/mol. The zero-order chi connectivity index (χ0) is 19.9. The van der Waals surface area contributed by atoms with Crippen molar-refractivity contribution in [3.05, 3.63) is 51.7 Å². The van der Waals surface area contributed by atoms with Gasteiger partial charge in [0.05, 0.1) is 16.6 Å². The van der Waals surface area contributed by atoms with E-state index < -0.39 is 10.0 Å². The van der Waals surface area contributed by atoms with Gasteiger partial charge in [-0.1, -0.05) is 16.8 Å². The third-order valence-corrected chi connectivity index (χ3v) is 8.82. The number of sulfonamides is 1. The van der Waals surface area contributed by atoms with Crippen LogP contribution in [0.1, 0.15) is 41.6 Å². The average Bonchev–Trinajstić information content (AvgIpc) is 3.39. The molecule has 3 aromatic rings. The Morgan fingerprint density at radius 1 is 1.29 bits per heavy atom. The Kier molecular flexibility index (Phi) is 5.34. The van der Waals surface area contributed by atoms with Crippen molar-refractivity contribution in [2.24, 2.45) is 0 Å². The van der Waals surface area contributed by atoms with Crippen molar-refractivity contribution >= 4 is 33.0 Å². The van der Waals surface area contributed by atoms with E-state index in [1.54, 1.807) is 22.6 Å². The number of nitrogens with zero attached hydrogens (tertiary/aromatic N) is 4. The molecule has 0 radical (unpaired) electrons. The third kappa shape index (κ3) is 3.63. The van der Waals surface area contributed by atoms with E-state index in [1.807, 2.05) is 20.0 Å². The lowest BCUT2D eigenvalue weighted by Gasteiger charge is -2.30. The van der Waals surface area contributed by atoms with E-state index in [0.717, 1.165) is 47.0 Å². The summed E-state index contributed by atoms with van der Waals surface area (Å²) in [4.78, 5) is 4.56. The van der Waals surface area contributed by atoms with Crippen molar-refractivity contribution in [3.8, 4) is 0 Å². The standard InChI is InChI=1S/C18H21ClN4O3S2/c1-12-15(13(2)26-21-12)11-22-10-7-20-18(22)14-5-8-23(9-6-14)28(24,25)17-4-3-16(19)27-17/h3-4,7,10,14H,5-6,8-9,11H2,1-2H3. The Morgan fingerprint density at radius 2 is 2.04 bits per heavy atom. The highest BCUT2D eigenvalue weighted by atomic mass is 35.5. The highest BCUT2D eigenvalue weighted by Crippen LogP contribution is 2.33. The van der Waals surface area contributed by atoms with E-state index in [0.29, 0.717) is 28.2 Å². The summed E-state index contributed by atoms with van der Waals surface area (Å²) in [6, 6.07) is 3.20. The van der Waals surface area contributed by atoms with Gasteiger partial charge in [0.25, 0.3) is 10.0 Å². The van der Waals surface area contributed by atoms with Gasteiger partial charge in [0.1, 0.15) is 15.8 Å². The lowest BCUT2D eigenvalue weighted by Crippen LogP contribution is -2.38. The van der Waals surface area contributed by atoms with Crippen LogP contribution in [0, 0.1) is 13.8 Å². The summed E-state index contributed by atoms with van der Waals surface area (Å²) in [6.07, 6.45) is 5.22. The maximum atomic E-state index is 12.8. The third-order valence-electron chi connectivity index (χ3n) is 5.22. The lowest BCUT2D eigenvalue weighted by atomic mass is 9.97. The first-order valence-corrected chi connectivity index (χ1v) is 11.7. The topological polar surface area (TPSA) is 81.2 Å². The van der Waals surface area contributed by atoms with Crippen LogP contribution in [-0.4, -0.2) is 40.5 Å². The first kappa shape index (κ1) is 19.6. The van der Waals surface area contributed by atoms with Gasteiger partial charge in [0.15, 0.2) is 0 Å². The maximum Gasteiger partial charge on any atom is 0.252 e. The maximum absolute atomic E-state index is 12.8. The van der Waals surface area contributed by atoms with Gasteiger partial charge < -0.3 is 9.09 Å². The minimum Gasteiger partial charge on any atom is -0.361 e. The number of thiophene rings is 1. The molecule has 0 atom stereocenters. The van der Waals surface area contributed by atoms with Crippen molar-refractivity contribution in [3.63, 3.8) is 0 Å². The summed E-state index contributed by atoms with van der Waals surface area (Å²) in [5.41, 5.74) is 1.95. The molecule has 1 aliphatic heterocycles. The van der Waals surface area contributed by atoms with Gasteiger partial charge >= 0.3 is 0 Å². The molecule has 4 rings (SSSR count). The SMILES string of the molecule is Cc1noc(C)c1Cn1ccnc1C1CCN(S(=O)(=O)c2ccc(Cl)s2)CC1.